The summed E-state index contributed by atoms with van der Waals surface area (Å²) < 4.78 is 5.53. The van der Waals surface area contributed by atoms with Gasteiger partial charge in [0, 0.05) is 0 Å². The molecule has 1 aromatic heterocycles. The summed E-state index contributed by atoms with van der Waals surface area (Å²) in [6.45, 7) is 1.04. The normalized spacial score (nSPS) is 21.0. The van der Waals surface area contributed by atoms with Crippen LogP contribution in [0.25, 0.3) is 0 Å². The summed E-state index contributed by atoms with van der Waals surface area (Å²) in [6.07, 6.45) is 6.49. The van der Waals surface area contributed by atoms with E-state index in [-0.39, 0.29) is 0 Å². The maximum atomic E-state index is 5.53. The van der Waals surface area contributed by atoms with E-state index in [9.17, 15) is 0 Å². The number of aromatic nitrogens is 1. The first-order valence-corrected chi connectivity index (χ1v) is 6.65. The Morgan fingerprint density at radius 1 is 1.67 bits per heavy atom. The molecule has 0 amide bonds. The predicted molar refractivity (Wildman–Crippen MR) is 63.2 cm³/mol. The molecular weight excluding hydrogens is 208 g/mol. The van der Waals surface area contributed by atoms with Crippen molar-refractivity contribution >= 4 is 11.8 Å². The van der Waals surface area contributed by atoms with Crippen molar-refractivity contribution in [2.45, 2.75) is 30.9 Å². The first kappa shape index (κ1) is 11.0. The third-order valence-electron chi connectivity index (χ3n) is 2.63. The van der Waals surface area contributed by atoms with Crippen LogP contribution in [-0.2, 0) is 6.42 Å². The molecule has 0 bridgehead atoms. The van der Waals surface area contributed by atoms with Gasteiger partial charge in [0.25, 0.3) is 0 Å². The van der Waals surface area contributed by atoms with Gasteiger partial charge in [-0.2, -0.15) is 0 Å². The van der Waals surface area contributed by atoms with E-state index in [1.807, 2.05) is 25.1 Å². The van der Waals surface area contributed by atoms with Gasteiger partial charge in [-0.05, 0) is 45.0 Å². The minimum absolute atomic E-state index is 0.517. The Kier molecular flexibility index (Phi) is 4.09. The van der Waals surface area contributed by atoms with Crippen molar-refractivity contribution < 1.29 is 4.42 Å². The Hall–Kier alpha value is -0.480. The average Bonchev–Trinajstić information content (AvgIpc) is 2.87. The average molecular weight is 226 g/mol. The highest BCUT2D eigenvalue weighted by Gasteiger charge is 2.22. The monoisotopic (exact) mass is 226 g/mol. The molecule has 3 nitrogen and oxygen atoms in total. The molecule has 0 aromatic carbocycles. The number of nitrogens with one attached hydrogen (secondary N) is 1. The van der Waals surface area contributed by atoms with Crippen LogP contribution in [-0.4, -0.2) is 24.3 Å². The number of aryl methyl sites for hydroxylation is 1. The standard InChI is InChI=1S/C11H18N2OS/c1-12-6-2-4-9-8-14-11(13-9)10-5-3-7-15-10/h8,10,12H,2-7H2,1H3. The smallest absolute Gasteiger partial charge is 0.207 e. The van der Waals surface area contributed by atoms with Crippen LogP contribution in [0.1, 0.15) is 36.1 Å². The maximum Gasteiger partial charge on any atom is 0.207 e. The summed E-state index contributed by atoms with van der Waals surface area (Å²) >= 11 is 1.97. The Labute approximate surface area is 95.0 Å². The number of hydrogen-bond acceptors (Lipinski definition) is 4. The second-order valence-corrected chi connectivity index (χ2v) is 5.20. The maximum absolute atomic E-state index is 5.53. The van der Waals surface area contributed by atoms with Gasteiger partial charge in [0.2, 0.25) is 5.89 Å². The van der Waals surface area contributed by atoms with Crippen LogP contribution in [0.15, 0.2) is 10.7 Å². The van der Waals surface area contributed by atoms with E-state index < -0.39 is 0 Å². The SMILES string of the molecule is CNCCCc1coc(C2CCCS2)n1. The van der Waals surface area contributed by atoms with Crippen molar-refractivity contribution in [2.75, 3.05) is 19.3 Å². The second-order valence-electron chi connectivity index (χ2n) is 3.89. The first-order chi connectivity index (χ1) is 7.40. The molecule has 1 unspecified atom stereocenters. The van der Waals surface area contributed by atoms with Gasteiger partial charge >= 0.3 is 0 Å². The Bertz CT molecular complexity index is 295. The number of rotatable bonds is 5. The molecule has 84 valence electrons. The molecule has 0 saturated carbocycles. The number of nitrogens with zero attached hydrogens (tertiary/aromatic N) is 1. The zero-order valence-corrected chi connectivity index (χ0v) is 9.98. The lowest BCUT2D eigenvalue weighted by atomic mass is 10.2. The van der Waals surface area contributed by atoms with E-state index >= 15 is 0 Å². The molecule has 2 heterocycles. The van der Waals surface area contributed by atoms with Gasteiger partial charge in [-0.25, -0.2) is 4.98 Å². The lowest BCUT2D eigenvalue weighted by Crippen LogP contribution is -2.08. The Balaban J connectivity index is 1.86. The molecule has 1 aliphatic rings. The third-order valence-corrected chi connectivity index (χ3v) is 4.00. The topological polar surface area (TPSA) is 38.1 Å². The summed E-state index contributed by atoms with van der Waals surface area (Å²) in [7, 11) is 1.98. The van der Waals surface area contributed by atoms with Crippen LogP contribution in [0.5, 0.6) is 0 Å². The highest BCUT2D eigenvalue weighted by molar-refractivity contribution is 7.99. The van der Waals surface area contributed by atoms with Gasteiger partial charge in [-0.1, -0.05) is 0 Å². The molecule has 1 atom stereocenters. The summed E-state index contributed by atoms with van der Waals surface area (Å²) in [5, 5.41) is 3.65. The fourth-order valence-corrected chi connectivity index (χ4v) is 3.01. The van der Waals surface area contributed by atoms with Crippen molar-refractivity contribution in [1.82, 2.24) is 10.3 Å². The van der Waals surface area contributed by atoms with E-state index in [0.29, 0.717) is 5.25 Å². The minimum Gasteiger partial charge on any atom is -0.447 e. The largest absolute Gasteiger partial charge is 0.447 e. The zero-order valence-electron chi connectivity index (χ0n) is 9.16. The fraction of sp³-hybridized carbons (Fsp3) is 0.727. The van der Waals surface area contributed by atoms with Crippen molar-refractivity contribution in [2.24, 2.45) is 0 Å². The lowest BCUT2D eigenvalue weighted by molar-refractivity contribution is 0.486. The van der Waals surface area contributed by atoms with Crippen molar-refractivity contribution in [1.29, 1.82) is 0 Å². The van der Waals surface area contributed by atoms with Gasteiger partial charge in [-0.3, -0.25) is 0 Å². The second kappa shape index (κ2) is 5.56. The van der Waals surface area contributed by atoms with Gasteiger partial charge in [-0.15, -0.1) is 11.8 Å². The molecule has 1 N–H and O–H groups in total. The molecular formula is C11H18N2OS. The van der Waals surface area contributed by atoms with Crippen molar-refractivity contribution in [3.63, 3.8) is 0 Å². The summed E-state index contributed by atoms with van der Waals surface area (Å²) in [5.74, 6) is 2.19. The van der Waals surface area contributed by atoms with Crippen molar-refractivity contribution in [3.8, 4) is 0 Å². The Morgan fingerprint density at radius 2 is 2.60 bits per heavy atom. The minimum atomic E-state index is 0.517. The molecule has 2 rings (SSSR count). The quantitative estimate of drug-likeness (QED) is 0.782. The lowest BCUT2D eigenvalue weighted by Gasteiger charge is -2.00. The first-order valence-electron chi connectivity index (χ1n) is 5.60. The molecule has 1 aromatic rings. The predicted octanol–water partition coefficient (Wildman–Crippen LogP) is 2.39. The summed E-state index contributed by atoms with van der Waals surface area (Å²) in [5.41, 5.74) is 1.10. The van der Waals surface area contributed by atoms with Crippen LogP contribution >= 0.6 is 11.8 Å². The number of oxazole rings is 1. The number of thioether (sulfide) groups is 1. The van der Waals surface area contributed by atoms with E-state index in [1.165, 1.54) is 18.6 Å². The highest BCUT2D eigenvalue weighted by atomic mass is 32.2. The summed E-state index contributed by atoms with van der Waals surface area (Å²) in [4.78, 5) is 4.55. The third kappa shape index (κ3) is 2.98. The molecule has 0 aliphatic carbocycles. The van der Waals surface area contributed by atoms with Crippen LogP contribution < -0.4 is 5.32 Å². The van der Waals surface area contributed by atoms with Gasteiger partial charge in [0.05, 0.1) is 10.9 Å². The highest BCUT2D eigenvalue weighted by Crippen LogP contribution is 2.39. The van der Waals surface area contributed by atoms with Crippen LogP contribution in [0.2, 0.25) is 0 Å². The molecule has 15 heavy (non-hydrogen) atoms. The fourth-order valence-electron chi connectivity index (χ4n) is 1.80. The van der Waals surface area contributed by atoms with Gasteiger partial charge in [0.15, 0.2) is 0 Å². The van der Waals surface area contributed by atoms with Crippen molar-refractivity contribution in [3.05, 3.63) is 17.8 Å². The van der Waals surface area contributed by atoms with Gasteiger partial charge < -0.3 is 9.73 Å². The molecule has 1 saturated heterocycles. The molecule has 1 aliphatic heterocycles. The molecule has 0 spiro atoms. The van der Waals surface area contributed by atoms with Crippen LogP contribution in [0.3, 0.4) is 0 Å². The van der Waals surface area contributed by atoms with E-state index in [2.05, 4.69) is 10.3 Å². The van der Waals surface area contributed by atoms with Gasteiger partial charge in [0.1, 0.15) is 6.26 Å². The van der Waals surface area contributed by atoms with Crippen LogP contribution in [0.4, 0.5) is 0 Å². The molecule has 4 heteroatoms. The van der Waals surface area contributed by atoms with E-state index in [0.717, 1.165) is 31.0 Å². The van der Waals surface area contributed by atoms with Crippen LogP contribution in [0, 0.1) is 0 Å². The van der Waals surface area contributed by atoms with E-state index in [4.69, 9.17) is 4.42 Å². The zero-order chi connectivity index (χ0) is 10.5. The number of hydrogen-bond donors (Lipinski definition) is 1. The molecule has 0 radical (unpaired) electrons. The Morgan fingerprint density at radius 3 is 3.33 bits per heavy atom. The summed E-state index contributed by atoms with van der Waals surface area (Å²) in [6, 6.07) is 0. The van der Waals surface area contributed by atoms with E-state index in [1.54, 1.807) is 0 Å². The molecule has 1 fully saturated rings.